The third kappa shape index (κ3) is 5.08. The highest BCUT2D eigenvalue weighted by Crippen LogP contribution is 2.34. The van der Waals surface area contributed by atoms with E-state index >= 15 is 0 Å². The molecule has 2 aromatic carbocycles. The van der Waals surface area contributed by atoms with Crippen molar-refractivity contribution in [1.82, 2.24) is 19.7 Å². The predicted molar refractivity (Wildman–Crippen MR) is 131 cm³/mol. The second-order valence-corrected chi connectivity index (χ2v) is 8.62. The Kier molecular flexibility index (Phi) is 7.69. The Labute approximate surface area is 202 Å². The molecule has 0 saturated carbocycles. The number of nitrogens with zero attached hydrogens (tertiary/aromatic N) is 4. The lowest BCUT2D eigenvalue weighted by atomic mass is 10.1. The number of aromatic nitrogens is 4. The molecule has 172 valence electrons. The van der Waals surface area contributed by atoms with Crippen molar-refractivity contribution in [3.63, 3.8) is 0 Å². The molecular formula is C24H25ClN4O3S. The molecule has 2 aromatic heterocycles. The third-order valence-corrected chi connectivity index (χ3v) is 6.59. The number of thioether (sulfide) groups is 1. The number of rotatable bonds is 10. The van der Waals surface area contributed by atoms with Gasteiger partial charge in [-0.3, -0.25) is 4.98 Å². The van der Waals surface area contributed by atoms with Crippen molar-refractivity contribution in [3.05, 3.63) is 59.2 Å². The van der Waals surface area contributed by atoms with E-state index in [9.17, 15) is 0 Å². The maximum Gasteiger partial charge on any atom is 0.191 e. The number of halogens is 1. The SMILES string of the molecule is COCCCn1c(SCc2ccc(Cl)c3cccnc23)nnc1-c1ccc(OC)c(OC)c1. The van der Waals surface area contributed by atoms with Crippen LogP contribution in [0.1, 0.15) is 12.0 Å². The van der Waals surface area contributed by atoms with E-state index in [1.807, 2.05) is 42.5 Å². The Hall–Kier alpha value is -2.81. The minimum absolute atomic E-state index is 0.648. The Balaban J connectivity index is 1.65. The first-order valence-electron chi connectivity index (χ1n) is 10.5. The summed E-state index contributed by atoms with van der Waals surface area (Å²) in [4.78, 5) is 4.54. The van der Waals surface area contributed by atoms with E-state index < -0.39 is 0 Å². The van der Waals surface area contributed by atoms with Crippen LogP contribution in [0.3, 0.4) is 0 Å². The van der Waals surface area contributed by atoms with Crippen LogP contribution in [0.2, 0.25) is 5.02 Å². The molecule has 0 spiro atoms. The molecule has 33 heavy (non-hydrogen) atoms. The summed E-state index contributed by atoms with van der Waals surface area (Å²) in [5.41, 5.74) is 2.91. The molecule has 0 atom stereocenters. The fourth-order valence-electron chi connectivity index (χ4n) is 3.61. The van der Waals surface area contributed by atoms with Gasteiger partial charge in [-0.15, -0.1) is 10.2 Å². The molecule has 0 saturated heterocycles. The van der Waals surface area contributed by atoms with Crippen LogP contribution in [0, 0.1) is 0 Å². The number of hydrogen-bond acceptors (Lipinski definition) is 7. The molecule has 0 aliphatic carbocycles. The summed E-state index contributed by atoms with van der Waals surface area (Å²) in [7, 11) is 4.95. The summed E-state index contributed by atoms with van der Waals surface area (Å²) >= 11 is 7.98. The Bertz CT molecular complexity index is 1250. The normalized spacial score (nSPS) is 11.2. The maximum absolute atomic E-state index is 6.36. The van der Waals surface area contributed by atoms with Crippen molar-refractivity contribution in [2.75, 3.05) is 27.9 Å². The summed E-state index contributed by atoms with van der Waals surface area (Å²) in [6.07, 6.45) is 2.63. The van der Waals surface area contributed by atoms with Gasteiger partial charge in [0, 0.05) is 48.2 Å². The molecule has 9 heteroatoms. The van der Waals surface area contributed by atoms with Crippen molar-refractivity contribution in [2.24, 2.45) is 0 Å². The summed E-state index contributed by atoms with van der Waals surface area (Å²) in [5.74, 6) is 2.78. The number of fused-ring (bicyclic) bond motifs is 1. The molecule has 0 bridgehead atoms. The molecule has 0 N–H and O–H groups in total. The quantitative estimate of drug-likeness (QED) is 0.217. The van der Waals surface area contributed by atoms with Gasteiger partial charge in [0.2, 0.25) is 0 Å². The van der Waals surface area contributed by atoms with Crippen molar-refractivity contribution in [1.29, 1.82) is 0 Å². The predicted octanol–water partition coefficient (Wildman–Crippen LogP) is 5.49. The number of pyridine rings is 1. The zero-order valence-corrected chi connectivity index (χ0v) is 20.3. The topological polar surface area (TPSA) is 71.3 Å². The highest BCUT2D eigenvalue weighted by molar-refractivity contribution is 7.98. The lowest BCUT2D eigenvalue weighted by Crippen LogP contribution is -2.05. The Morgan fingerprint density at radius 2 is 1.85 bits per heavy atom. The molecule has 7 nitrogen and oxygen atoms in total. The third-order valence-electron chi connectivity index (χ3n) is 5.25. The van der Waals surface area contributed by atoms with Crippen LogP contribution in [0.4, 0.5) is 0 Å². The molecular weight excluding hydrogens is 460 g/mol. The van der Waals surface area contributed by atoms with Crippen LogP contribution >= 0.6 is 23.4 Å². The van der Waals surface area contributed by atoms with Crippen LogP contribution in [0.25, 0.3) is 22.3 Å². The molecule has 4 aromatic rings. The van der Waals surface area contributed by atoms with Gasteiger partial charge in [0.15, 0.2) is 22.5 Å². The Morgan fingerprint density at radius 3 is 2.64 bits per heavy atom. The zero-order chi connectivity index (χ0) is 23.2. The molecule has 0 amide bonds. The first-order chi connectivity index (χ1) is 16.2. The van der Waals surface area contributed by atoms with Crippen molar-refractivity contribution < 1.29 is 14.2 Å². The van der Waals surface area contributed by atoms with Crippen molar-refractivity contribution in [2.45, 2.75) is 23.9 Å². The number of ether oxygens (including phenoxy) is 3. The van der Waals surface area contributed by atoms with E-state index in [1.54, 1.807) is 39.3 Å². The lowest BCUT2D eigenvalue weighted by Gasteiger charge is -2.12. The Morgan fingerprint density at radius 1 is 1.00 bits per heavy atom. The van der Waals surface area contributed by atoms with E-state index in [0.29, 0.717) is 28.9 Å². The lowest BCUT2D eigenvalue weighted by molar-refractivity contribution is 0.189. The van der Waals surface area contributed by atoms with Gasteiger partial charge in [0.25, 0.3) is 0 Å². The van der Waals surface area contributed by atoms with Gasteiger partial charge in [0.1, 0.15) is 0 Å². The number of hydrogen-bond donors (Lipinski definition) is 0. The molecule has 2 heterocycles. The largest absolute Gasteiger partial charge is 0.493 e. The minimum atomic E-state index is 0.648. The summed E-state index contributed by atoms with van der Waals surface area (Å²) in [5, 5.41) is 11.5. The van der Waals surface area contributed by atoms with Gasteiger partial charge >= 0.3 is 0 Å². The molecule has 0 aliphatic rings. The van der Waals surface area contributed by atoms with Gasteiger partial charge in [0.05, 0.1) is 19.7 Å². The van der Waals surface area contributed by atoms with Gasteiger partial charge < -0.3 is 18.8 Å². The van der Waals surface area contributed by atoms with E-state index in [-0.39, 0.29) is 0 Å². The van der Waals surface area contributed by atoms with Crippen LogP contribution < -0.4 is 9.47 Å². The van der Waals surface area contributed by atoms with Crippen molar-refractivity contribution >= 4 is 34.3 Å². The maximum atomic E-state index is 6.36. The fourth-order valence-corrected chi connectivity index (χ4v) is 4.77. The van der Waals surface area contributed by atoms with Crippen LogP contribution in [0.5, 0.6) is 11.5 Å². The molecule has 0 fully saturated rings. The number of methoxy groups -OCH3 is 3. The monoisotopic (exact) mass is 484 g/mol. The molecule has 0 aliphatic heterocycles. The van der Waals surface area contributed by atoms with Crippen LogP contribution in [0.15, 0.2) is 53.8 Å². The highest BCUT2D eigenvalue weighted by Gasteiger charge is 2.17. The summed E-state index contributed by atoms with van der Waals surface area (Å²) in [6.45, 7) is 1.38. The van der Waals surface area contributed by atoms with Gasteiger partial charge in [-0.25, -0.2) is 0 Å². The van der Waals surface area contributed by atoms with Crippen molar-refractivity contribution in [3.8, 4) is 22.9 Å². The zero-order valence-electron chi connectivity index (χ0n) is 18.7. The second-order valence-electron chi connectivity index (χ2n) is 7.27. The highest BCUT2D eigenvalue weighted by atomic mass is 35.5. The van der Waals surface area contributed by atoms with Crippen LogP contribution in [-0.2, 0) is 17.0 Å². The summed E-state index contributed by atoms with van der Waals surface area (Å²) < 4.78 is 18.2. The minimum Gasteiger partial charge on any atom is -0.493 e. The fraction of sp³-hybridized carbons (Fsp3) is 0.292. The molecule has 0 unspecified atom stereocenters. The standard InChI is InChI=1S/C24H25ClN4O3S/c1-30-13-5-12-29-23(16-8-10-20(31-2)21(14-16)32-3)27-28-24(29)33-15-17-7-9-19(25)18-6-4-11-26-22(17)18/h4,6-11,14H,5,12-13,15H2,1-3H3. The van der Waals surface area contributed by atoms with E-state index in [4.69, 9.17) is 25.8 Å². The second kappa shape index (κ2) is 10.9. The average molecular weight is 485 g/mol. The van der Waals surface area contributed by atoms with E-state index in [2.05, 4.69) is 19.7 Å². The first kappa shape index (κ1) is 23.4. The van der Waals surface area contributed by atoms with Gasteiger partial charge in [-0.1, -0.05) is 29.4 Å². The van der Waals surface area contributed by atoms with Gasteiger partial charge in [-0.05, 0) is 48.4 Å². The average Bonchev–Trinajstić information content (AvgIpc) is 3.26. The number of benzene rings is 2. The molecule has 0 radical (unpaired) electrons. The van der Waals surface area contributed by atoms with Gasteiger partial charge in [-0.2, -0.15) is 0 Å². The van der Waals surface area contributed by atoms with E-state index in [0.717, 1.165) is 46.0 Å². The van der Waals surface area contributed by atoms with Crippen LogP contribution in [-0.4, -0.2) is 47.7 Å². The summed E-state index contributed by atoms with van der Waals surface area (Å²) in [6, 6.07) is 13.6. The smallest absolute Gasteiger partial charge is 0.191 e. The first-order valence-corrected chi connectivity index (χ1v) is 11.8. The molecule has 4 rings (SSSR count). The van der Waals surface area contributed by atoms with E-state index in [1.165, 1.54) is 0 Å².